The number of hydrogen-bond acceptors (Lipinski definition) is 4. The molecule has 2 aliphatic heterocycles. The predicted octanol–water partition coefficient (Wildman–Crippen LogP) is 0.497. The van der Waals surface area contributed by atoms with Gasteiger partial charge in [-0.3, -0.25) is 9.80 Å². The second kappa shape index (κ2) is 5.68. The van der Waals surface area contributed by atoms with Crippen molar-refractivity contribution in [2.45, 2.75) is 50.7 Å². The van der Waals surface area contributed by atoms with E-state index in [1.54, 1.807) is 0 Å². The predicted molar refractivity (Wildman–Crippen MR) is 79.5 cm³/mol. The van der Waals surface area contributed by atoms with Gasteiger partial charge in [-0.25, -0.2) is 0 Å². The molecule has 0 bridgehead atoms. The molecule has 19 heavy (non-hydrogen) atoms. The van der Waals surface area contributed by atoms with Crippen molar-refractivity contribution in [3.63, 3.8) is 0 Å². The van der Waals surface area contributed by atoms with Gasteiger partial charge in [-0.1, -0.05) is 0 Å². The molecule has 2 N–H and O–H groups in total. The van der Waals surface area contributed by atoms with E-state index < -0.39 is 0 Å². The SMILES string of the molecule is CC(C)(CNC1CCN(C2CC2)C1)N1CCNCC1. The van der Waals surface area contributed by atoms with E-state index in [0.717, 1.165) is 31.7 Å². The number of hydrogen-bond donors (Lipinski definition) is 2. The van der Waals surface area contributed by atoms with Gasteiger partial charge >= 0.3 is 0 Å². The van der Waals surface area contributed by atoms with E-state index in [1.165, 1.54) is 45.4 Å². The van der Waals surface area contributed by atoms with Crippen LogP contribution in [0.25, 0.3) is 0 Å². The fourth-order valence-corrected chi connectivity index (χ4v) is 3.50. The van der Waals surface area contributed by atoms with Crippen LogP contribution in [-0.4, -0.2) is 73.2 Å². The van der Waals surface area contributed by atoms with E-state index in [1.807, 2.05) is 0 Å². The number of nitrogens with zero attached hydrogens (tertiary/aromatic N) is 2. The summed E-state index contributed by atoms with van der Waals surface area (Å²) in [5, 5.41) is 7.27. The van der Waals surface area contributed by atoms with Crippen molar-refractivity contribution in [1.82, 2.24) is 20.4 Å². The van der Waals surface area contributed by atoms with Crippen molar-refractivity contribution in [3.05, 3.63) is 0 Å². The first-order valence-electron chi connectivity index (χ1n) is 8.08. The highest BCUT2D eigenvalue weighted by Gasteiger charge is 2.35. The minimum Gasteiger partial charge on any atom is -0.314 e. The van der Waals surface area contributed by atoms with Crippen molar-refractivity contribution < 1.29 is 0 Å². The Balaban J connectivity index is 1.42. The molecule has 0 aromatic rings. The molecular formula is C15H30N4. The van der Waals surface area contributed by atoms with Gasteiger partial charge in [-0.15, -0.1) is 0 Å². The van der Waals surface area contributed by atoms with Gasteiger partial charge in [0.1, 0.15) is 0 Å². The first kappa shape index (κ1) is 13.8. The van der Waals surface area contributed by atoms with Crippen molar-refractivity contribution >= 4 is 0 Å². The molecule has 110 valence electrons. The van der Waals surface area contributed by atoms with Gasteiger partial charge in [0.25, 0.3) is 0 Å². The van der Waals surface area contributed by atoms with Crippen molar-refractivity contribution in [2.75, 3.05) is 45.8 Å². The van der Waals surface area contributed by atoms with Crippen LogP contribution in [0, 0.1) is 0 Å². The van der Waals surface area contributed by atoms with E-state index in [2.05, 4.69) is 34.3 Å². The van der Waals surface area contributed by atoms with Gasteiger partial charge in [0.15, 0.2) is 0 Å². The largest absolute Gasteiger partial charge is 0.314 e. The summed E-state index contributed by atoms with van der Waals surface area (Å²) in [5.41, 5.74) is 0.287. The molecule has 0 aromatic carbocycles. The van der Waals surface area contributed by atoms with E-state index in [4.69, 9.17) is 0 Å². The maximum Gasteiger partial charge on any atom is 0.0278 e. The van der Waals surface area contributed by atoms with Gasteiger partial charge in [0, 0.05) is 63.4 Å². The summed E-state index contributed by atoms with van der Waals surface area (Å²) in [6.45, 7) is 13.2. The lowest BCUT2D eigenvalue weighted by molar-refractivity contribution is 0.0994. The Bertz CT molecular complexity index is 295. The molecular weight excluding hydrogens is 236 g/mol. The van der Waals surface area contributed by atoms with Crippen LogP contribution in [0.5, 0.6) is 0 Å². The maximum absolute atomic E-state index is 3.83. The fourth-order valence-electron chi connectivity index (χ4n) is 3.50. The van der Waals surface area contributed by atoms with Crippen LogP contribution in [0.1, 0.15) is 33.1 Å². The van der Waals surface area contributed by atoms with Crippen molar-refractivity contribution in [1.29, 1.82) is 0 Å². The Kier molecular flexibility index (Phi) is 4.13. The van der Waals surface area contributed by atoms with Gasteiger partial charge < -0.3 is 10.6 Å². The van der Waals surface area contributed by atoms with Crippen molar-refractivity contribution in [3.8, 4) is 0 Å². The third-order valence-corrected chi connectivity index (χ3v) is 5.08. The normalized spacial score (nSPS) is 30.9. The number of rotatable bonds is 5. The number of likely N-dealkylation sites (tertiary alicyclic amines) is 1. The van der Waals surface area contributed by atoms with Crippen LogP contribution in [0.4, 0.5) is 0 Å². The first-order valence-corrected chi connectivity index (χ1v) is 8.08. The summed E-state index contributed by atoms with van der Waals surface area (Å²) in [6, 6.07) is 1.66. The first-order chi connectivity index (χ1) is 9.15. The summed E-state index contributed by atoms with van der Waals surface area (Å²) < 4.78 is 0. The van der Waals surface area contributed by atoms with Crippen LogP contribution in [0.2, 0.25) is 0 Å². The second-order valence-corrected chi connectivity index (χ2v) is 7.14. The average molecular weight is 266 g/mol. The van der Waals surface area contributed by atoms with Crippen LogP contribution < -0.4 is 10.6 Å². The molecule has 3 rings (SSSR count). The molecule has 0 aromatic heterocycles. The lowest BCUT2D eigenvalue weighted by atomic mass is 10.0. The second-order valence-electron chi connectivity index (χ2n) is 7.14. The Morgan fingerprint density at radius 2 is 1.84 bits per heavy atom. The summed E-state index contributed by atoms with van der Waals surface area (Å²) in [5.74, 6) is 0. The van der Waals surface area contributed by atoms with Gasteiger partial charge in [0.05, 0.1) is 0 Å². The molecule has 0 amide bonds. The average Bonchev–Trinajstić information content (AvgIpc) is 3.17. The smallest absolute Gasteiger partial charge is 0.0278 e. The molecule has 1 saturated carbocycles. The minimum absolute atomic E-state index is 0.287. The highest BCUT2D eigenvalue weighted by atomic mass is 15.3. The molecule has 1 atom stereocenters. The maximum atomic E-state index is 3.83. The van der Waals surface area contributed by atoms with Crippen LogP contribution >= 0.6 is 0 Å². The van der Waals surface area contributed by atoms with Crippen LogP contribution in [0.15, 0.2) is 0 Å². The molecule has 2 saturated heterocycles. The Morgan fingerprint density at radius 3 is 2.53 bits per heavy atom. The zero-order valence-electron chi connectivity index (χ0n) is 12.6. The summed E-state index contributed by atoms with van der Waals surface area (Å²) in [7, 11) is 0. The van der Waals surface area contributed by atoms with E-state index in [-0.39, 0.29) is 5.54 Å². The minimum atomic E-state index is 0.287. The molecule has 4 heteroatoms. The molecule has 1 aliphatic carbocycles. The third kappa shape index (κ3) is 3.48. The summed E-state index contributed by atoms with van der Waals surface area (Å²) in [6.07, 6.45) is 4.23. The molecule has 0 spiro atoms. The third-order valence-electron chi connectivity index (χ3n) is 5.08. The standard InChI is InChI=1S/C15H30N4/c1-15(2,19-9-6-16-7-10-19)12-17-13-5-8-18(11-13)14-3-4-14/h13-14,16-17H,3-12H2,1-2H3. The Morgan fingerprint density at radius 1 is 1.11 bits per heavy atom. The molecule has 2 heterocycles. The van der Waals surface area contributed by atoms with Crippen molar-refractivity contribution in [2.24, 2.45) is 0 Å². The quantitative estimate of drug-likeness (QED) is 0.758. The van der Waals surface area contributed by atoms with Gasteiger partial charge in [-0.2, -0.15) is 0 Å². The molecule has 3 aliphatic rings. The molecule has 3 fully saturated rings. The Labute approximate surface area is 117 Å². The van der Waals surface area contributed by atoms with E-state index >= 15 is 0 Å². The lowest BCUT2D eigenvalue weighted by Crippen LogP contribution is -2.58. The van der Waals surface area contributed by atoms with Crippen LogP contribution in [-0.2, 0) is 0 Å². The number of nitrogens with one attached hydrogen (secondary N) is 2. The monoisotopic (exact) mass is 266 g/mol. The molecule has 4 nitrogen and oxygen atoms in total. The highest BCUT2D eigenvalue weighted by molar-refractivity contribution is 4.94. The fraction of sp³-hybridized carbons (Fsp3) is 1.00. The molecule has 0 radical (unpaired) electrons. The zero-order valence-corrected chi connectivity index (χ0v) is 12.6. The zero-order chi connectivity index (χ0) is 13.3. The van der Waals surface area contributed by atoms with Gasteiger partial charge in [-0.05, 0) is 33.1 Å². The lowest BCUT2D eigenvalue weighted by Gasteiger charge is -2.42. The highest BCUT2D eigenvalue weighted by Crippen LogP contribution is 2.29. The molecule has 1 unspecified atom stereocenters. The Hall–Kier alpha value is -0.160. The van der Waals surface area contributed by atoms with Gasteiger partial charge in [0.2, 0.25) is 0 Å². The topological polar surface area (TPSA) is 30.5 Å². The van der Waals surface area contributed by atoms with E-state index in [0.29, 0.717) is 0 Å². The number of piperazine rings is 1. The van der Waals surface area contributed by atoms with Crippen LogP contribution in [0.3, 0.4) is 0 Å². The summed E-state index contributed by atoms with van der Waals surface area (Å²) >= 11 is 0. The van der Waals surface area contributed by atoms with E-state index in [9.17, 15) is 0 Å². The summed E-state index contributed by atoms with van der Waals surface area (Å²) in [4.78, 5) is 5.32.